The number of aliphatic imine (C=N–C) groups is 1. The Morgan fingerprint density at radius 2 is 1.62 bits per heavy atom. The smallest absolute Gasteiger partial charge is 0.191 e. The van der Waals surface area contributed by atoms with E-state index < -0.39 is 0 Å². The predicted molar refractivity (Wildman–Crippen MR) is 122 cm³/mol. The Kier molecular flexibility index (Phi) is 8.77. The molecule has 0 radical (unpaired) electrons. The molecule has 0 saturated carbocycles. The first-order valence-electron chi connectivity index (χ1n) is 11.4. The van der Waals surface area contributed by atoms with E-state index in [1.165, 1.54) is 63.2 Å². The Balaban J connectivity index is 1.39. The lowest BCUT2D eigenvalue weighted by Crippen LogP contribution is -2.45. The monoisotopic (exact) mass is 400 g/mol. The SMILES string of the molecule is CCN1CCN(Cc2ccc(CNC(=NC)NCC3CCCN3CC)cc2)CC1. The molecule has 0 spiro atoms. The van der Waals surface area contributed by atoms with Crippen LogP contribution >= 0.6 is 0 Å². The lowest BCUT2D eigenvalue weighted by atomic mass is 10.1. The third-order valence-corrected chi connectivity index (χ3v) is 6.44. The van der Waals surface area contributed by atoms with Gasteiger partial charge in [-0.05, 0) is 43.6 Å². The number of guanidine groups is 1. The number of likely N-dealkylation sites (tertiary alicyclic amines) is 1. The second kappa shape index (κ2) is 11.5. The highest BCUT2D eigenvalue weighted by Crippen LogP contribution is 2.15. The van der Waals surface area contributed by atoms with Crippen LogP contribution in [0.25, 0.3) is 0 Å². The highest BCUT2D eigenvalue weighted by atomic mass is 15.3. The van der Waals surface area contributed by atoms with Crippen LogP contribution in [0, 0.1) is 0 Å². The molecule has 1 unspecified atom stereocenters. The molecule has 0 aromatic heterocycles. The molecule has 0 bridgehead atoms. The van der Waals surface area contributed by atoms with Gasteiger partial charge in [-0.15, -0.1) is 0 Å². The number of hydrogen-bond acceptors (Lipinski definition) is 4. The molecule has 162 valence electrons. The number of rotatable bonds is 8. The van der Waals surface area contributed by atoms with Crippen LogP contribution in [0.15, 0.2) is 29.3 Å². The lowest BCUT2D eigenvalue weighted by Gasteiger charge is -2.34. The van der Waals surface area contributed by atoms with Crippen molar-refractivity contribution in [1.29, 1.82) is 0 Å². The van der Waals surface area contributed by atoms with Gasteiger partial charge < -0.3 is 15.5 Å². The standard InChI is InChI=1S/C23H40N6/c1-4-27-13-15-28(16-14-27)19-21-10-8-20(9-11-21)17-25-23(24-3)26-18-22-7-6-12-29(22)5-2/h8-11,22H,4-7,12-19H2,1-3H3,(H2,24,25,26). The molecular formula is C23H40N6. The molecule has 0 amide bonds. The molecule has 29 heavy (non-hydrogen) atoms. The van der Waals surface area contributed by atoms with Crippen molar-refractivity contribution in [3.05, 3.63) is 35.4 Å². The fourth-order valence-electron chi connectivity index (χ4n) is 4.45. The summed E-state index contributed by atoms with van der Waals surface area (Å²) >= 11 is 0. The maximum atomic E-state index is 4.39. The van der Waals surface area contributed by atoms with Crippen LogP contribution in [0.1, 0.15) is 37.8 Å². The number of hydrogen-bond donors (Lipinski definition) is 2. The third-order valence-electron chi connectivity index (χ3n) is 6.44. The van der Waals surface area contributed by atoms with Gasteiger partial charge in [0.2, 0.25) is 0 Å². The quantitative estimate of drug-likeness (QED) is 0.516. The van der Waals surface area contributed by atoms with Gasteiger partial charge in [-0.1, -0.05) is 38.1 Å². The minimum absolute atomic E-state index is 0.636. The van der Waals surface area contributed by atoms with Crippen molar-refractivity contribution in [3.8, 4) is 0 Å². The van der Waals surface area contributed by atoms with Gasteiger partial charge in [0.05, 0.1) is 0 Å². The van der Waals surface area contributed by atoms with Crippen LogP contribution in [-0.2, 0) is 13.1 Å². The number of nitrogens with one attached hydrogen (secondary N) is 2. The third kappa shape index (κ3) is 6.69. The average Bonchev–Trinajstić information content (AvgIpc) is 3.23. The zero-order valence-corrected chi connectivity index (χ0v) is 18.7. The van der Waals surface area contributed by atoms with E-state index in [2.05, 4.69) is 68.4 Å². The highest BCUT2D eigenvalue weighted by molar-refractivity contribution is 5.79. The van der Waals surface area contributed by atoms with Crippen molar-refractivity contribution in [1.82, 2.24) is 25.3 Å². The van der Waals surface area contributed by atoms with Gasteiger partial charge in [0.25, 0.3) is 0 Å². The summed E-state index contributed by atoms with van der Waals surface area (Å²) in [4.78, 5) is 12.0. The van der Waals surface area contributed by atoms with E-state index in [1.54, 1.807) is 0 Å². The Hall–Kier alpha value is -1.63. The molecule has 3 rings (SSSR count). The maximum absolute atomic E-state index is 4.39. The van der Waals surface area contributed by atoms with Gasteiger partial charge in [-0.3, -0.25) is 14.8 Å². The van der Waals surface area contributed by atoms with Crippen molar-refractivity contribution < 1.29 is 0 Å². The van der Waals surface area contributed by atoms with Crippen molar-refractivity contribution in [2.24, 2.45) is 4.99 Å². The average molecular weight is 401 g/mol. The van der Waals surface area contributed by atoms with Gasteiger partial charge in [0.1, 0.15) is 0 Å². The van der Waals surface area contributed by atoms with E-state index in [-0.39, 0.29) is 0 Å². The first-order chi connectivity index (χ1) is 14.2. The highest BCUT2D eigenvalue weighted by Gasteiger charge is 2.22. The number of likely N-dealkylation sites (N-methyl/N-ethyl adjacent to an activating group) is 2. The molecular weight excluding hydrogens is 360 g/mol. The van der Waals surface area contributed by atoms with E-state index in [0.29, 0.717) is 6.04 Å². The number of nitrogens with zero attached hydrogens (tertiary/aromatic N) is 4. The Bertz CT molecular complexity index is 621. The summed E-state index contributed by atoms with van der Waals surface area (Å²) < 4.78 is 0. The second-order valence-corrected chi connectivity index (χ2v) is 8.26. The fourth-order valence-corrected chi connectivity index (χ4v) is 4.45. The molecule has 2 N–H and O–H groups in total. The van der Waals surface area contributed by atoms with Gasteiger partial charge in [-0.25, -0.2) is 0 Å². The van der Waals surface area contributed by atoms with Crippen molar-refractivity contribution in [2.75, 3.05) is 59.4 Å². The van der Waals surface area contributed by atoms with Crippen LogP contribution < -0.4 is 10.6 Å². The molecule has 6 nitrogen and oxygen atoms in total. The zero-order chi connectivity index (χ0) is 20.5. The van der Waals surface area contributed by atoms with Crippen LogP contribution in [0.2, 0.25) is 0 Å². The van der Waals surface area contributed by atoms with E-state index in [9.17, 15) is 0 Å². The molecule has 1 aromatic carbocycles. The lowest BCUT2D eigenvalue weighted by molar-refractivity contribution is 0.132. The molecule has 2 fully saturated rings. The second-order valence-electron chi connectivity index (χ2n) is 8.26. The minimum Gasteiger partial charge on any atom is -0.355 e. The summed E-state index contributed by atoms with van der Waals surface area (Å²) in [7, 11) is 1.85. The molecule has 2 heterocycles. The normalized spacial score (nSPS) is 22.2. The van der Waals surface area contributed by atoms with E-state index in [1.807, 2.05) is 7.05 Å². The van der Waals surface area contributed by atoms with Crippen LogP contribution in [0.3, 0.4) is 0 Å². The van der Waals surface area contributed by atoms with Crippen LogP contribution in [0.4, 0.5) is 0 Å². The first-order valence-corrected chi connectivity index (χ1v) is 11.4. The van der Waals surface area contributed by atoms with Crippen molar-refractivity contribution >= 4 is 5.96 Å². The number of benzene rings is 1. The molecule has 2 aliphatic rings. The topological polar surface area (TPSA) is 46.1 Å². The van der Waals surface area contributed by atoms with Crippen LogP contribution in [0.5, 0.6) is 0 Å². The Morgan fingerprint density at radius 3 is 2.28 bits per heavy atom. The predicted octanol–water partition coefficient (Wildman–Crippen LogP) is 1.97. The summed E-state index contributed by atoms with van der Waals surface area (Å²) in [6, 6.07) is 9.67. The summed E-state index contributed by atoms with van der Waals surface area (Å²) in [5.41, 5.74) is 2.70. The maximum Gasteiger partial charge on any atom is 0.191 e. The Labute approximate surface area is 177 Å². The summed E-state index contributed by atoms with van der Waals surface area (Å²) in [6.45, 7) is 15.6. The van der Waals surface area contributed by atoms with Gasteiger partial charge in [-0.2, -0.15) is 0 Å². The Morgan fingerprint density at radius 1 is 0.931 bits per heavy atom. The van der Waals surface area contributed by atoms with E-state index in [0.717, 1.165) is 32.1 Å². The van der Waals surface area contributed by atoms with E-state index >= 15 is 0 Å². The van der Waals surface area contributed by atoms with Crippen molar-refractivity contribution in [2.45, 2.75) is 45.8 Å². The molecule has 2 saturated heterocycles. The van der Waals surface area contributed by atoms with Gasteiger partial charge >= 0.3 is 0 Å². The number of piperazine rings is 1. The van der Waals surface area contributed by atoms with E-state index in [4.69, 9.17) is 0 Å². The molecule has 1 atom stereocenters. The first kappa shape index (κ1) is 22.1. The van der Waals surface area contributed by atoms with Crippen LogP contribution in [-0.4, -0.2) is 86.1 Å². The largest absolute Gasteiger partial charge is 0.355 e. The summed E-state index contributed by atoms with van der Waals surface area (Å²) in [5, 5.41) is 6.97. The fraction of sp³-hybridized carbons (Fsp3) is 0.696. The summed E-state index contributed by atoms with van der Waals surface area (Å²) in [6.07, 6.45) is 2.60. The molecule has 0 aliphatic carbocycles. The minimum atomic E-state index is 0.636. The van der Waals surface area contributed by atoms with Crippen molar-refractivity contribution in [3.63, 3.8) is 0 Å². The van der Waals surface area contributed by atoms with Gasteiger partial charge in [0, 0.05) is 58.9 Å². The molecule has 1 aromatic rings. The molecule has 2 aliphatic heterocycles. The molecule has 6 heteroatoms. The zero-order valence-electron chi connectivity index (χ0n) is 18.7. The van der Waals surface area contributed by atoms with Gasteiger partial charge in [0.15, 0.2) is 5.96 Å². The summed E-state index contributed by atoms with van der Waals surface area (Å²) in [5.74, 6) is 0.894.